The first-order chi connectivity index (χ1) is 15.8. The van der Waals surface area contributed by atoms with Gasteiger partial charge in [-0.3, -0.25) is 10.2 Å². The second-order valence-corrected chi connectivity index (χ2v) is 8.13. The minimum atomic E-state index is -0.269. The number of amides is 1. The molecular formula is C25H28ClN5O2. The summed E-state index contributed by atoms with van der Waals surface area (Å²) in [6.07, 6.45) is 0.801. The summed E-state index contributed by atoms with van der Waals surface area (Å²) in [6, 6.07) is 15.9. The van der Waals surface area contributed by atoms with Gasteiger partial charge in [-0.15, -0.1) is 0 Å². The van der Waals surface area contributed by atoms with Crippen LogP contribution in [0.4, 0.5) is 11.4 Å². The lowest BCUT2D eigenvalue weighted by atomic mass is 9.95. The highest BCUT2D eigenvalue weighted by molar-refractivity contribution is 6.34. The molecular weight excluding hydrogens is 438 g/mol. The minimum Gasteiger partial charge on any atom is -0.505 e. The number of nitrogen functional groups attached to an aromatic ring is 2. The Morgan fingerprint density at radius 1 is 1.15 bits per heavy atom. The second-order valence-electron chi connectivity index (χ2n) is 7.72. The fraction of sp³-hybridized carbons (Fsp3) is 0.200. The van der Waals surface area contributed by atoms with Crippen LogP contribution in [0.15, 0.2) is 54.6 Å². The Morgan fingerprint density at radius 2 is 1.88 bits per heavy atom. The number of phenolic OH excluding ortho intramolecular Hbond substituents is 1. The van der Waals surface area contributed by atoms with E-state index < -0.39 is 0 Å². The van der Waals surface area contributed by atoms with E-state index in [2.05, 4.69) is 10.6 Å². The number of rotatable bonds is 9. The molecule has 0 saturated carbocycles. The number of anilines is 2. The van der Waals surface area contributed by atoms with Gasteiger partial charge in [-0.05, 0) is 35.7 Å². The highest BCUT2D eigenvalue weighted by atomic mass is 35.5. The van der Waals surface area contributed by atoms with Crippen LogP contribution in [0.2, 0.25) is 5.02 Å². The summed E-state index contributed by atoms with van der Waals surface area (Å²) in [5.74, 6) is -0.287. The Morgan fingerprint density at radius 3 is 2.52 bits per heavy atom. The molecule has 0 aliphatic carbocycles. The highest BCUT2D eigenvalue weighted by Gasteiger charge is 2.21. The number of amidine groups is 1. The van der Waals surface area contributed by atoms with E-state index in [1.807, 2.05) is 13.0 Å². The van der Waals surface area contributed by atoms with E-state index in [0.29, 0.717) is 46.2 Å². The predicted octanol–water partition coefficient (Wildman–Crippen LogP) is 4.26. The SMILES string of the molecule is CCCNc1cc(Cl)c(-c2cccc(N)c2)c(CC(=O)NCc2ccc(C(=N)N)cc2)c1O. The Kier molecular flexibility index (Phi) is 7.79. The topological polar surface area (TPSA) is 137 Å². The van der Waals surface area contributed by atoms with Crippen LogP contribution in [0.25, 0.3) is 11.1 Å². The predicted molar refractivity (Wildman–Crippen MR) is 135 cm³/mol. The molecule has 8 heteroatoms. The summed E-state index contributed by atoms with van der Waals surface area (Å²) >= 11 is 6.62. The largest absolute Gasteiger partial charge is 0.505 e. The summed E-state index contributed by atoms with van der Waals surface area (Å²) in [7, 11) is 0. The van der Waals surface area contributed by atoms with E-state index in [-0.39, 0.29) is 23.9 Å². The molecule has 0 fully saturated rings. The molecule has 3 aromatic carbocycles. The molecule has 3 rings (SSSR count). The van der Waals surface area contributed by atoms with Crippen LogP contribution in [-0.4, -0.2) is 23.4 Å². The molecule has 0 aromatic heterocycles. The lowest BCUT2D eigenvalue weighted by Crippen LogP contribution is -2.25. The van der Waals surface area contributed by atoms with E-state index in [1.54, 1.807) is 48.5 Å². The van der Waals surface area contributed by atoms with Crippen molar-refractivity contribution in [1.29, 1.82) is 5.41 Å². The Labute approximate surface area is 198 Å². The van der Waals surface area contributed by atoms with Gasteiger partial charge in [0.05, 0.1) is 17.1 Å². The first-order valence-corrected chi connectivity index (χ1v) is 11.0. The van der Waals surface area contributed by atoms with Crippen LogP contribution in [-0.2, 0) is 17.8 Å². The maximum atomic E-state index is 12.8. The van der Waals surface area contributed by atoms with E-state index in [1.165, 1.54) is 0 Å². The summed E-state index contributed by atoms with van der Waals surface area (Å²) in [6.45, 7) is 2.97. The van der Waals surface area contributed by atoms with Crippen molar-refractivity contribution in [3.8, 4) is 16.9 Å². The fourth-order valence-electron chi connectivity index (χ4n) is 3.49. The lowest BCUT2D eigenvalue weighted by Gasteiger charge is -2.18. The number of nitrogens with two attached hydrogens (primary N) is 2. The number of hydrogen-bond acceptors (Lipinski definition) is 5. The molecule has 0 aliphatic heterocycles. The van der Waals surface area contributed by atoms with E-state index in [4.69, 9.17) is 28.5 Å². The summed E-state index contributed by atoms with van der Waals surface area (Å²) < 4.78 is 0. The number of halogens is 1. The maximum Gasteiger partial charge on any atom is 0.224 e. The average Bonchev–Trinajstić information content (AvgIpc) is 2.79. The number of nitrogens with one attached hydrogen (secondary N) is 3. The highest BCUT2D eigenvalue weighted by Crippen LogP contribution is 2.42. The van der Waals surface area contributed by atoms with Gasteiger partial charge in [-0.25, -0.2) is 0 Å². The number of carbonyl (C=O) groups excluding carboxylic acids is 1. The third kappa shape index (κ3) is 5.96. The molecule has 0 heterocycles. The standard InChI is InChI=1S/C25H28ClN5O2/c1-2-10-30-21-13-20(26)23(17-4-3-5-18(27)11-17)19(24(21)33)12-22(32)31-14-15-6-8-16(9-7-15)25(28)29/h3-9,11,13,30,33H,2,10,12,14,27H2,1H3,(H3,28,29)(H,31,32). The van der Waals surface area contributed by atoms with Crippen LogP contribution in [0.1, 0.15) is 30.0 Å². The van der Waals surface area contributed by atoms with Gasteiger partial charge in [0.25, 0.3) is 0 Å². The molecule has 3 aromatic rings. The van der Waals surface area contributed by atoms with Crippen LogP contribution >= 0.6 is 11.6 Å². The van der Waals surface area contributed by atoms with Gasteiger partial charge in [0.15, 0.2) is 0 Å². The molecule has 0 spiro atoms. The van der Waals surface area contributed by atoms with Crippen molar-refractivity contribution >= 4 is 34.7 Å². The second kappa shape index (κ2) is 10.7. The van der Waals surface area contributed by atoms with Crippen molar-refractivity contribution < 1.29 is 9.90 Å². The van der Waals surface area contributed by atoms with Gasteiger partial charge in [0.2, 0.25) is 5.91 Å². The number of hydrogen-bond donors (Lipinski definition) is 6. The Bertz CT molecular complexity index is 1160. The molecule has 0 atom stereocenters. The molecule has 7 nitrogen and oxygen atoms in total. The van der Waals surface area contributed by atoms with Gasteiger partial charge >= 0.3 is 0 Å². The molecule has 33 heavy (non-hydrogen) atoms. The van der Waals surface area contributed by atoms with Crippen molar-refractivity contribution in [3.63, 3.8) is 0 Å². The fourth-order valence-corrected chi connectivity index (χ4v) is 3.82. The van der Waals surface area contributed by atoms with Gasteiger partial charge in [0, 0.05) is 35.5 Å². The third-order valence-electron chi connectivity index (χ3n) is 5.19. The Hall–Kier alpha value is -3.71. The first kappa shape index (κ1) is 23.9. The molecule has 8 N–H and O–H groups in total. The number of aromatic hydroxyl groups is 1. The zero-order valence-electron chi connectivity index (χ0n) is 18.4. The van der Waals surface area contributed by atoms with Crippen LogP contribution in [0.3, 0.4) is 0 Å². The molecule has 0 aliphatic rings. The zero-order chi connectivity index (χ0) is 24.0. The summed E-state index contributed by atoms with van der Waals surface area (Å²) in [4.78, 5) is 12.8. The van der Waals surface area contributed by atoms with Gasteiger partial charge in [-0.1, -0.05) is 54.9 Å². The monoisotopic (exact) mass is 465 g/mol. The third-order valence-corrected chi connectivity index (χ3v) is 5.48. The average molecular weight is 466 g/mol. The van der Waals surface area contributed by atoms with E-state index >= 15 is 0 Å². The number of benzene rings is 3. The molecule has 0 saturated heterocycles. The van der Waals surface area contributed by atoms with E-state index in [9.17, 15) is 9.90 Å². The molecule has 0 unspecified atom stereocenters. The van der Waals surface area contributed by atoms with Gasteiger partial charge in [0.1, 0.15) is 11.6 Å². The number of phenols is 1. The smallest absolute Gasteiger partial charge is 0.224 e. The molecule has 0 radical (unpaired) electrons. The summed E-state index contributed by atoms with van der Waals surface area (Å²) in [5, 5.41) is 24.9. The number of carbonyl (C=O) groups is 1. The zero-order valence-corrected chi connectivity index (χ0v) is 19.2. The molecule has 172 valence electrons. The molecule has 1 amide bonds. The summed E-state index contributed by atoms with van der Waals surface area (Å²) in [5.41, 5.74) is 15.7. The Balaban J connectivity index is 1.88. The van der Waals surface area contributed by atoms with Crippen LogP contribution in [0, 0.1) is 5.41 Å². The minimum absolute atomic E-state index is 0.00812. The molecule has 0 bridgehead atoms. The van der Waals surface area contributed by atoms with Crippen LogP contribution in [0.5, 0.6) is 5.75 Å². The lowest BCUT2D eigenvalue weighted by molar-refractivity contribution is -0.120. The van der Waals surface area contributed by atoms with Crippen molar-refractivity contribution in [2.75, 3.05) is 17.6 Å². The van der Waals surface area contributed by atoms with Crippen molar-refractivity contribution in [2.45, 2.75) is 26.3 Å². The normalized spacial score (nSPS) is 10.6. The van der Waals surface area contributed by atoms with Gasteiger partial charge < -0.3 is 27.2 Å². The van der Waals surface area contributed by atoms with Crippen molar-refractivity contribution in [1.82, 2.24) is 5.32 Å². The van der Waals surface area contributed by atoms with Crippen LogP contribution < -0.4 is 22.1 Å². The first-order valence-electron chi connectivity index (χ1n) is 10.6. The maximum absolute atomic E-state index is 12.8. The quantitative estimate of drug-likeness (QED) is 0.121. The van der Waals surface area contributed by atoms with E-state index in [0.717, 1.165) is 17.5 Å². The van der Waals surface area contributed by atoms with Crippen molar-refractivity contribution in [2.24, 2.45) is 5.73 Å². The van der Waals surface area contributed by atoms with Crippen molar-refractivity contribution in [3.05, 3.63) is 76.3 Å². The van der Waals surface area contributed by atoms with Gasteiger partial charge in [-0.2, -0.15) is 0 Å².